The zero-order valence-corrected chi connectivity index (χ0v) is 8.50. The average Bonchev–Trinajstić information content (AvgIpc) is 2.69. The fourth-order valence-electron chi connectivity index (χ4n) is 1.45. The number of benzene rings is 1. The third-order valence-electron chi connectivity index (χ3n) is 2.21. The molecule has 2 rings (SSSR count). The Bertz CT molecular complexity index is 435. The second kappa shape index (κ2) is 4.04. The minimum absolute atomic E-state index is 0.110. The van der Waals surface area contributed by atoms with E-state index in [0.717, 1.165) is 0 Å². The molecule has 2 aromatic rings. The third-order valence-corrected chi connectivity index (χ3v) is 2.54. The summed E-state index contributed by atoms with van der Waals surface area (Å²) >= 11 is 5.83. The van der Waals surface area contributed by atoms with Crippen molar-refractivity contribution in [2.45, 2.75) is 6.10 Å². The topological polar surface area (TPSA) is 36.0 Å². The SMILES string of the molecule is OC(c1cc[nH]c1)c1c(F)cccc1Cl. The molecule has 0 radical (unpaired) electrons. The molecular weight excluding hydrogens is 217 g/mol. The lowest BCUT2D eigenvalue weighted by Crippen LogP contribution is -2.02. The maximum atomic E-state index is 13.4. The van der Waals surface area contributed by atoms with Crippen molar-refractivity contribution < 1.29 is 9.50 Å². The van der Waals surface area contributed by atoms with E-state index in [2.05, 4.69) is 4.98 Å². The standard InChI is InChI=1S/C11H9ClFNO/c12-8-2-1-3-9(13)10(8)11(15)7-4-5-14-6-7/h1-6,11,14-15H. The first-order chi connectivity index (χ1) is 7.20. The van der Waals surface area contributed by atoms with Crippen molar-refractivity contribution in [1.29, 1.82) is 0 Å². The Hall–Kier alpha value is -1.32. The molecule has 78 valence electrons. The molecule has 1 aromatic carbocycles. The minimum atomic E-state index is -1.04. The van der Waals surface area contributed by atoms with Crippen molar-refractivity contribution in [2.24, 2.45) is 0 Å². The molecule has 4 heteroatoms. The Labute approximate surface area is 91.3 Å². The highest BCUT2D eigenvalue weighted by atomic mass is 35.5. The number of H-pyrrole nitrogens is 1. The number of hydrogen-bond acceptors (Lipinski definition) is 1. The predicted octanol–water partition coefficient (Wildman–Crippen LogP) is 2.89. The molecule has 0 bridgehead atoms. The van der Waals surface area contributed by atoms with Crippen LogP contribution >= 0.6 is 11.6 Å². The third kappa shape index (κ3) is 1.89. The van der Waals surface area contributed by atoms with Gasteiger partial charge in [0.1, 0.15) is 11.9 Å². The van der Waals surface area contributed by atoms with Gasteiger partial charge in [0, 0.05) is 28.5 Å². The van der Waals surface area contributed by atoms with Gasteiger partial charge in [0.15, 0.2) is 0 Å². The molecule has 1 unspecified atom stereocenters. The lowest BCUT2D eigenvalue weighted by atomic mass is 10.0. The number of nitrogens with one attached hydrogen (secondary N) is 1. The van der Waals surface area contributed by atoms with Gasteiger partial charge < -0.3 is 10.1 Å². The van der Waals surface area contributed by atoms with E-state index in [4.69, 9.17) is 11.6 Å². The number of rotatable bonds is 2. The second-order valence-electron chi connectivity index (χ2n) is 3.18. The van der Waals surface area contributed by atoms with E-state index in [1.54, 1.807) is 24.5 Å². The fraction of sp³-hybridized carbons (Fsp3) is 0.0909. The normalized spacial score (nSPS) is 12.7. The van der Waals surface area contributed by atoms with Crippen LogP contribution in [0.3, 0.4) is 0 Å². The Morgan fingerprint density at radius 1 is 1.33 bits per heavy atom. The molecule has 2 N–H and O–H groups in total. The van der Waals surface area contributed by atoms with Crippen LogP contribution in [0.4, 0.5) is 4.39 Å². The maximum Gasteiger partial charge on any atom is 0.130 e. The number of aliphatic hydroxyl groups excluding tert-OH is 1. The van der Waals surface area contributed by atoms with E-state index in [0.29, 0.717) is 5.56 Å². The first-order valence-corrected chi connectivity index (χ1v) is 4.82. The monoisotopic (exact) mass is 225 g/mol. The lowest BCUT2D eigenvalue weighted by Gasteiger charge is -2.11. The van der Waals surface area contributed by atoms with Crippen LogP contribution in [0.5, 0.6) is 0 Å². The first-order valence-electron chi connectivity index (χ1n) is 4.45. The van der Waals surface area contributed by atoms with Crippen LogP contribution < -0.4 is 0 Å². The van der Waals surface area contributed by atoms with E-state index in [9.17, 15) is 9.50 Å². The number of hydrogen-bond donors (Lipinski definition) is 2. The molecule has 0 saturated carbocycles. The van der Waals surface area contributed by atoms with Crippen LogP contribution in [0.25, 0.3) is 0 Å². The van der Waals surface area contributed by atoms with Gasteiger partial charge in [-0.25, -0.2) is 4.39 Å². The summed E-state index contributed by atoms with van der Waals surface area (Å²) in [6, 6.07) is 6.01. The molecule has 0 saturated heterocycles. The summed E-state index contributed by atoms with van der Waals surface area (Å²) in [6.45, 7) is 0. The Balaban J connectivity index is 2.46. The predicted molar refractivity (Wildman–Crippen MR) is 56.3 cm³/mol. The summed E-state index contributed by atoms with van der Waals surface area (Å²) in [4.78, 5) is 2.79. The van der Waals surface area contributed by atoms with Crippen molar-refractivity contribution in [3.05, 3.63) is 58.6 Å². The van der Waals surface area contributed by atoms with Gasteiger partial charge in [0.05, 0.1) is 0 Å². The van der Waals surface area contributed by atoms with Crippen LogP contribution in [0.1, 0.15) is 17.2 Å². The quantitative estimate of drug-likeness (QED) is 0.810. The molecule has 0 spiro atoms. The highest BCUT2D eigenvalue weighted by molar-refractivity contribution is 6.31. The molecule has 1 heterocycles. The maximum absolute atomic E-state index is 13.4. The van der Waals surface area contributed by atoms with Gasteiger partial charge in [0.2, 0.25) is 0 Å². The molecule has 1 aromatic heterocycles. The Morgan fingerprint density at radius 2 is 2.13 bits per heavy atom. The highest BCUT2D eigenvalue weighted by Crippen LogP contribution is 2.30. The van der Waals surface area contributed by atoms with E-state index in [1.165, 1.54) is 12.1 Å². The van der Waals surface area contributed by atoms with Gasteiger partial charge in [-0.2, -0.15) is 0 Å². The van der Waals surface area contributed by atoms with E-state index >= 15 is 0 Å². The molecule has 0 amide bonds. The summed E-state index contributed by atoms with van der Waals surface area (Å²) in [7, 11) is 0. The summed E-state index contributed by atoms with van der Waals surface area (Å²) < 4.78 is 13.4. The average molecular weight is 226 g/mol. The molecule has 0 fully saturated rings. The van der Waals surface area contributed by atoms with Gasteiger partial charge in [-0.05, 0) is 18.2 Å². The zero-order valence-electron chi connectivity index (χ0n) is 7.74. The number of halogens is 2. The molecule has 2 nitrogen and oxygen atoms in total. The van der Waals surface area contributed by atoms with Crippen LogP contribution in [-0.4, -0.2) is 10.1 Å². The molecule has 0 aliphatic heterocycles. The molecule has 0 aliphatic rings. The largest absolute Gasteiger partial charge is 0.383 e. The lowest BCUT2D eigenvalue weighted by molar-refractivity contribution is 0.215. The van der Waals surface area contributed by atoms with Crippen molar-refractivity contribution in [3.8, 4) is 0 Å². The van der Waals surface area contributed by atoms with Gasteiger partial charge in [-0.3, -0.25) is 0 Å². The van der Waals surface area contributed by atoms with Crippen molar-refractivity contribution in [3.63, 3.8) is 0 Å². The van der Waals surface area contributed by atoms with Crippen molar-refractivity contribution in [2.75, 3.05) is 0 Å². The Morgan fingerprint density at radius 3 is 2.73 bits per heavy atom. The van der Waals surface area contributed by atoms with Crippen molar-refractivity contribution in [1.82, 2.24) is 4.98 Å². The van der Waals surface area contributed by atoms with Gasteiger partial charge in [0.25, 0.3) is 0 Å². The van der Waals surface area contributed by atoms with Crippen LogP contribution in [0, 0.1) is 5.82 Å². The first kappa shape index (κ1) is 10.2. The number of aromatic nitrogens is 1. The highest BCUT2D eigenvalue weighted by Gasteiger charge is 2.18. The van der Waals surface area contributed by atoms with Crippen LogP contribution in [-0.2, 0) is 0 Å². The van der Waals surface area contributed by atoms with Gasteiger partial charge in [-0.15, -0.1) is 0 Å². The summed E-state index contributed by atoms with van der Waals surface area (Å²) in [5, 5.41) is 10.1. The molecule has 0 aliphatic carbocycles. The minimum Gasteiger partial charge on any atom is -0.383 e. The van der Waals surface area contributed by atoms with E-state index in [1.807, 2.05) is 0 Å². The molecular formula is C11H9ClFNO. The van der Waals surface area contributed by atoms with Crippen LogP contribution in [0.15, 0.2) is 36.7 Å². The summed E-state index contributed by atoms with van der Waals surface area (Å²) in [5.41, 5.74) is 0.695. The van der Waals surface area contributed by atoms with Crippen LogP contribution in [0.2, 0.25) is 5.02 Å². The van der Waals surface area contributed by atoms with E-state index < -0.39 is 11.9 Å². The summed E-state index contributed by atoms with van der Waals surface area (Å²) in [5.74, 6) is -0.504. The second-order valence-corrected chi connectivity index (χ2v) is 3.59. The van der Waals surface area contributed by atoms with Gasteiger partial charge >= 0.3 is 0 Å². The molecule has 15 heavy (non-hydrogen) atoms. The summed E-state index contributed by atoms with van der Waals surface area (Å²) in [6.07, 6.45) is 2.23. The van der Waals surface area contributed by atoms with E-state index in [-0.39, 0.29) is 10.6 Å². The Kier molecular flexibility index (Phi) is 2.75. The number of aliphatic hydroxyl groups is 1. The van der Waals surface area contributed by atoms with Gasteiger partial charge in [-0.1, -0.05) is 17.7 Å². The smallest absolute Gasteiger partial charge is 0.130 e. The zero-order chi connectivity index (χ0) is 10.8. The fourth-order valence-corrected chi connectivity index (χ4v) is 1.71. The van der Waals surface area contributed by atoms with Crippen molar-refractivity contribution >= 4 is 11.6 Å². The molecule has 1 atom stereocenters. The number of aromatic amines is 1.